The van der Waals surface area contributed by atoms with E-state index in [4.69, 9.17) is 11.6 Å². The van der Waals surface area contributed by atoms with E-state index in [2.05, 4.69) is 10.5 Å². The molecule has 3 nitrogen and oxygen atoms in total. The first-order valence-electron chi connectivity index (χ1n) is 7.73. The molecule has 4 rings (SSSR count). The van der Waals surface area contributed by atoms with E-state index in [0.29, 0.717) is 15.8 Å². The van der Waals surface area contributed by atoms with Crippen LogP contribution in [0.1, 0.15) is 35.4 Å². The minimum Gasteiger partial charge on any atom is -0.266 e. The van der Waals surface area contributed by atoms with E-state index in [1.54, 1.807) is 0 Å². The number of hydrazone groups is 1. The van der Waals surface area contributed by atoms with Crippen LogP contribution in [0.3, 0.4) is 0 Å². The Kier molecular flexibility index (Phi) is 3.66. The molecule has 2 fully saturated rings. The number of nitrogens with one attached hydrogen (secondary N) is 1. The minimum atomic E-state index is -0.217. The number of carbonyl (C=O) groups excluding carboxylic acids is 1. The minimum absolute atomic E-state index is 0.217. The highest BCUT2D eigenvalue weighted by Gasteiger charge is 2.38. The first-order chi connectivity index (χ1) is 10.7. The molecule has 0 spiro atoms. The summed E-state index contributed by atoms with van der Waals surface area (Å²) in [5.74, 6) is 1.98. The molecule has 2 saturated carbocycles. The SMILES string of the molecule is O=C(NN=C[C@@H]1C[C@H]2CC[C@H]1C2)c1sc2ccccc2c1Cl. The van der Waals surface area contributed by atoms with E-state index in [1.165, 1.54) is 37.0 Å². The van der Waals surface area contributed by atoms with Gasteiger partial charge in [-0.05, 0) is 43.1 Å². The Balaban J connectivity index is 1.46. The normalized spacial score (nSPS) is 27.0. The van der Waals surface area contributed by atoms with Crippen molar-refractivity contribution in [3.05, 3.63) is 34.2 Å². The van der Waals surface area contributed by atoms with Gasteiger partial charge in [-0.1, -0.05) is 36.2 Å². The Hall–Kier alpha value is -1.39. The van der Waals surface area contributed by atoms with Crippen molar-refractivity contribution in [3.63, 3.8) is 0 Å². The number of nitrogens with zero attached hydrogens (tertiary/aromatic N) is 1. The average Bonchev–Trinajstić information content (AvgIpc) is 3.22. The lowest BCUT2D eigenvalue weighted by Gasteiger charge is -2.16. The number of carbonyl (C=O) groups is 1. The molecule has 1 aromatic carbocycles. The van der Waals surface area contributed by atoms with Crippen molar-refractivity contribution < 1.29 is 4.79 Å². The number of fused-ring (bicyclic) bond motifs is 3. The van der Waals surface area contributed by atoms with E-state index in [9.17, 15) is 4.79 Å². The fraction of sp³-hybridized carbons (Fsp3) is 0.412. The van der Waals surface area contributed by atoms with Crippen molar-refractivity contribution >= 4 is 45.1 Å². The summed E-state index contributed by atoms with van der Waals surface area (Å²) in [6.45, 7) is 0. The van der Waals surface area contributed by atoms with Crippen LogP contribution in [-0.4, -0.2) is 12.1 Å². The number of halogens is 1. The summed E-state index contributed by atoms with van der Waals surface area (Å²) < 4.78 is 1.02. The van der Waals surface area contributed by atoms with Crippen LogP contribution in [0.15, 0.2) is 29.4 Å². The van der Waals surface area contributed by atoms with E-state index in [1.807, 2.05) is 30.5 Å². The Morgan fingerprint density at radius 1 is 1.32 bits per heavy atom. The molecule has 0 aliphatic heterocycles. The van der Waals surface area contributed by atoms with Crippen LogP contribution in [0.25, 0.3) is 10.1 Å². The van der Waals surface area contributed by atoms with E-state index >= 15 is 0 Å². The second-order valence-corrected chi connectivity index (χ2v) is 7.73. The van der Waals surface area contributed by atoms with Crippen LogP contribution in [0.5, 0.6) is 0 Å². The summed E-state index contributed by atoms with van der Waals surface area (Å²) in [5.41, 5.74) is 2.64. The quantitative estimate of drug-likeness (QED) is 0.642. The van der Waals surface area contributed by atoms with Crippen LogP contribution in [0.4, 0.5) is 0 Å². The molecule has 0 saturated heterocycles. The van der Waals surface area contributed by atoms with Crippen LogP contribution >= 0.6 is 22.9 Å². The molecule has 1 N–H and O–H groups in total. The number of benzene rings is 1. The maximum absolute atomic E-state index is 12.3. The Morgan fingerprint density at radius 3 is 2.91 bits per heavy atom. The lowest BCUT2D eigenvalue weighted by molar-refractivity contribution is 0.0959. The van der Waals surface area contributed by atoms with Gasteiger partial charge in [-0.15, -0.1) is 11.3 Å². The molecule has 0 radical (unpaired) electrons. The summed E-state index contributed by atoms with van der Waals surface area (Å²) in [4.78, 5) is 12.8. The summed E-state index contributed by atoms with van der Waals surface area (Å²) in [6, 6.07) is 7.78. The number of thiophene rings is 1. The molecule has 3 atom stereocenters. The van der Waals surface area contributed by atoms with Crippen LogP contribution in [0.2, 0.25) is 5.02 Å². The average molecular weight is 333 g/mol. The second kappa shape index (κ2) is 5.67. The number of hydrogen-bond acceptors (Lipinski definition) is 3. The molecule has 2 aliphatic carbocycles. The Labute approximate surface area is 138 Å². The van der Waals surface area contributed by atoms with Crippen molar-refractivity contribution in [3.8, 4) is 0 Å². The third-order valence-electron chi connectivity index (χ3n) is 4.97. The predicted octanol–water partition coefficient (Wildman–Crippen LogP) is 4.71. The zero-order chi connectivity index (χ0) is 15.1. The van der Waals surface area contributed by atoms with Gasteiger partial charge >= 0.3 is 0 Å². The van der Waals surface area contributed by atoms with Gasteiger partial charge in [0.05, 0.1) is 5.02 Å². The number of rotatable bonds is 3. The lowest BCUT2D eigenvalue weighted by Crippen LogP contribution is -2.19. The first kappa shape index (κ1) is 14.2. The van der Waals surface area contributed by atoms with E-state index in [0.717, 1.165) is 21.9 Å². The molecule has 22 heavy (non-hydrogen) atoms. The van der Waals surface area contributed by atoms with Crippen LogP contribution < -0.4 is 5.43 Å². The molecule has 2 bridgehead atoms. The van der Waals surface area contributed by atoms with Gasteiger partial charge in [-0.2, -0.15) is 5.10 Å². The fourth-order valence-electron chi connectivity index (χ4n) is 3.88. The van der Waals surface area contributed by atoms with E-state index in [-0.39, 0.29) is 5.91 Å². The maximum Gasteiger partial charge on any atom is 0.282 e. The highest BCUT2D eigenvalue weighted by molar-refractivity contribution is 7.21. The van der Waals surface area contributed by atoms with Gasteiger partial charge in [0.2, 0.25) is 0 Å². The Morgan fingerprint density at radius 2 is 2.18 bits per heavy atom. The molecule has 1 amide bonds. The zero-order valence-corrected chi connectivity index (χ0v) is 13.7. The first-order valence-corrected chi connectivity index (χ1v) is 8.92. The van der Waals surface area contributed by atoms with Gasteiger partial charge in [-0.3, -0.25) is 4.79 Å². The highest BCUT2D eigenvalue weighted by Crippen LogP contribution is 2.47. The van der Waals surface area contributed by atoms with Crippen molar-refractivity contribution in [2.24, 2.45) is 22.9 Å². The summed E-state index contributed by atoms with van der Waals surface area (Å²) in [6.07, 6.45) is 7.19. The number of amides is 1. The lowest BCUT2D eigenvalue weighted by atomic mass is 9.90. The van der Waals surface area contributed by atoms with Gasteiger partial charge in [0.1, 0.15) is 4.88 Å². The van der Waals surface area contributed by atoms with Gasteiger partial charge < -0.3 is 0 Å². The molecule has 1 aromatic heterocycles. The van der Waals surface area contributed by atoms with Crippen molar-refractivity contribution in [1.82, 2.24) is 5.43 Å². The summed E-state index contributed by atoms with van der Waals surface area (Å²) in [7, 11) is 0. The molecule has 114 valence electrons. The fourth-order valence-corrected chi connectivity index (χ4v) is 5.29. The second-order valence-electron chi connectivity index (χ2n) is 6.30. The van der Waals surface area contributed by atoms with E-state index < -0.39 is 0 Å². The van der Waals surface area contributed by atoms with Gasteiger partial charge in [0, 0.05) is 16.3 Å². The highest BCUT2D eigenvalue weighted by atomic mass is 35.5. The topological polar surface area (TPSA) is 41.5 Å². The van der Waals surface area contributed by atoms with Crippen molar-refractivity contribution in [2.45, 2.75) is 25.7 Å². The molecule has 0 unspecified atom stereocenters. The van der Waals surface area contributed by atoms with Crippen LogP contribution in [-0.2, 0) is 0 Å². The molecule has 5 heteroatoms. The molecule has 1 heterocycles. The smallest absolute Gasteiger partial charge is 0.266 e. The summed E-state index contributed by atoms with van der Waals surface area (Å²) in [5, 5.41) is 5.63. The van der Waals surface area contributed by atoms with Crippen molar-refractivity contribution in [2.75, 3.05) is 0 Å². The Bertz CT molecular complexity index is 754. The van der Waals surface area contributed by atoms with Gasteiger partial charge in [-0.25, -0.2) is 5.43 Å². The van der Waals surface area contributed by atoms with Crippen molar-refractivity contribution in [1.29, 1.82) is 0 Å². The third-order valence-corrected chi connectivity index (χ3v) is 6.64. The largest absolute Gasteiger partial charge is 0.282 e. The van der Waals surface area contributed by atoms with Gasteiger partial charge in [0.25, 0.3) is 5.91 Å². The molecular formula is C17H17ClN2OS. The predicted molar refractivity (Wildman–Crippen MR) is 91.7 cm³/mol. The standard InChI is InChI=1S/C17H17ClN2OS/c18-15-13-3-1-2-4-14(13)22-16(15)17(21)20-19-9-12-8-10-5-6-11(12)7-10/h1-4,9-12H,5-8H2,(H,20,21)/t10-,11-,12-/m0/s1. The molecule has 2 aromatic rings. The summed E-state index contributed by atoms with van der Waals surface area (Å²) >= 11 is 7.72. The number of hydrogen-bond donors (Lipinski definition) is 1. The monoisotopic (exact) mass is 332 g/mol. The van der Waals surface area contributed by atoms with Gasteiger partial charge in [0.15, 0.2) is 0 Å². The molecular weight excluding hydrogens is 316 g/mol. The maximum atomic E-state index is 12.3. The third kappa shape index (κ3) is 2.44. The molecule has 2 aliphatic rings. The van der Waals surface area contributed by atoms with Crippen LogP contribution in [0, 0.1) is 17.8 Å². The zero-order valence-electron chi connectivity index (χ0n) is 12.1.